The maximum atomic E-state index is 12.1. The van der Waals surface area contributed by atoms with Gasteiger partial charge < -0.3 is 5.11 Å². The van der Waals surface area contributed by atoms with Crippen molar-refractivity contribution >= 4 is 39.1 Å². The van der Waals surface area contributed by atoms with E-state index in [2.05, 4.69) is 15.9 Å². The maximum Gasteiger partial charge on any atom is 0.213 e. The van der Waals surface area contributed by atoms with E-state index in [1.807, 2.05) is 6.07 Å². The second-order valence-corrected chi connectivity index (χ2v) is 5.49. The number of rotatable bonds is 3. The number of aromatic hydroxyl groups is 1. The molecule has 0 bridgehead atoms. The number of benzene rings is 1. The molecule has 0 atom stereocenters. The van der Waals surface area contributed by atoms with E-state index in [0.717, 1.165) is 0 Å². The number of carbonyl (C=O) groups excluding carboxylic acids is 1. The van der Waals surface area contributed by atoms with Crippen molar-refractivity contribution in [3.63, 3.8) is 0 Å². The molecule has 0 amide bonds. The normalized spacial score (nSPS) is 11.1. The molecule has 94 valence electrons. The Hall–Kier alpha value is -1.90. The van der Waals surface area contributed by atoms with E-state index < -0.39 is 0 Å². The zero-order valence-corrected chi connectivity index (χ0v) is 12.0. The summed E-state index contributed by atoms with van der Waals surface area (Å²) in [6, 6.07) is 10.2. The highest BCUT2D eigenvalue weighted by Crippen LogP contribution is 2.25. The lowest BCUT2D eigenvalue weighted by Crippen LogP contribution is -1.98. The van der Waals surface area contributed by atoms with Gasteiger partial charge in [0.15, 0.2) is 0 Å². The maximum absolute atomic E-state index is 12.1. The predicted octanol–water partition coefficient (Wildman–Crippen LogP) is 4.01. The molecule has 5 heteroatoms. The Kier molecular flexibility index (Phi) is 4.15. The molecular formula is C14H8BrNO2S. The molecule has 0 aliphatic rings. The van der Waals surface area contributed by atoms with Gasteiger partial charge in [0.05, 0.1) is 9.35 Å². The number of allylic oxidation sites excluding steroid dienone is 1. The summed E-state index contributed by atoms with van der Waals surface area (Å²) in [5.41, 5.74) is 0.742. The molecule has 0 unspecified atom stereocenters. The number of hydrogen-bond donors (Lipinski definition) is 1. The predicted molar refractivity (Wildman–Crippen MR) is 78.0 cm³/mol. The quantitative estimate of drug-likeness (QED) is 0.524. The first kappa shape index (κ1) is 13.5. The zero-order chi connectivity index (χ0) is 13.8. The fourth-order valence-corrected chi connectivity index (χ4v) is 2.54. The molecule has 1 N–H and O–H groups in total. The molecule has 1 aromatic carbocycles. The molecule has 0 saturated carbocycles. The van der Waals surface area contributed by atoms with Crippen LogP contribution in [0.1, 0.15) is 15.2 Å². The molecule has 19 heavy (non-hydrogen) atoms. The average Bonchev–Trinajstić information content (AvgIpc) is 2.93. The smallest absolute Gasteiger partial charge is 0.213 e. The second-order valence-electron chi connectivity index (χ2n) is 3.69. The summed E-state index contributed by atoms with van der Waals surface area (Å²) in [6.45, 7) is 0. The van der Waals surface area contributed by atoms with E-state index in [0.29, 0.717) is 14.9 Å². The van der Waals surface area contributed by atoms with E-state index in [1.54, 1.807) is 29.6 Å². The first-order valence-corrected chi connectivity index (χ1v) is 6.97. The van der Waals surface area contributed by atoms with Gasteiger partial charge in [0.1, 0.15) is 17.4 Å². The van der Waals surface area contributed by atoms with Crippen LogP contribution in [0.25, 0.3) is 6.08 Å². The van der Waals surface area contributed by atoms with Crippen molar-refractivity contribution in [3.05, 3.63) is 56.2 Å². The molecular weight excluding hydrogens is 326 g/mol. The number of phenols is 1. The summed E-state index contributed by atoms with van der Waals surface area (Å²) < 4.78 is 0.516. The van der Waals surface area contributed by atoms with Crippen LogP contribution in [0.4, 0.5) is 0 Å². The highest BCUT2D eigenvalue weighted by molar-refractivity contribution is 9.10. The lowest BCUT2D eigenvalue weighted by atomic mass is 10.1. The number of ketones is 1. The van der Waals surface area contributed by atoms with Gasteiger partial charge in [-0.2, -0.15) is 5.26 Å². The Morgan fingerprint density at radius 2 is 2.21 bits per heavy atom. The van der Waals surface area contributed by atoms with Crippen molar-refractivity contribution in [2.24, 2.45) is 0 Å². The number of carbonyl (C=O) groups is 1. The summed E-state index contributed by atoms with van der Waals surface area (Å²) in [7, 11) is 0. The van der Waals surface area contributed by atoms with Crippen LogP contribution in [-0.2, 0) is 0 Å². The van der Waals surface area contributed by atoms with Crippen molar-refractivity contribution in [3.8, 4) is 11.8 Å². The number of phenolic OH excluding ortho intramolecular Hbond substituents is 1. The van der Waals surface area contributed by atoms with Gasteiger partial charge in [0, 0.05) is 0 Å². The third-order valence-corrected chi connectivity index (χ3v) is 3.90. The van der Waals surface area contributed by atoms with Gasteiger partial charge >= 0.3 is 0 Å². The Labute approximate surface area is 122 Å². The summed E-state index contributed by atoms with van der Waals surface area (Å²) in [6.07, 6.45) is 1.51. The van der Waals surface area contributed by atoms with Gasteiger partial charge in [-0.1, -0.05) is 12.1 Å². The molecule has 3 nitrogen and oxygen atoms in total. The SMILES string of the molecule is N#C/C(=C/c1ccc(O)c(Br)c1)C(=O)c1cccs1. The lowest BCUT2D eigenvalue weighted by molar-refractivity contribution is 0.104. The number of halogens is 1. The van der Waals surface area contributed by atoms with Crippen LogP contribution in [0.15, 0.2) is 45.8 Å². The van der Waals surface area contributed by atoms with Crippen LogP contribution in [0, 0.1) is 11.3 Å². The molecule has 0 fully saturated rings. The van der Waals surface area contributed by atoms with Gasteiger partial charge in [0.2, 0.25) is 5.78 Å². The molecule has 0 spiro atoms. The van der Waals surface area contributed by atoms with Gasteiger partial charge in [-0.15, -0.1) is 11.3 Å². The van der Waals surface area contributed by atoms with E-state index in [4.69, 9.17) is 5.26 Å². The van der Waals surface area contributed by atoms with Crippen LogP contribution in [0.3, 0.4) is 0 Å². The van der Waals surface area contributed by atoms with Crippen LogP contribution in [0.5, 0.6) is 5.75 Å². The van der Waals surface area contributed by atoms with Crippen molar-refractivity contribution in [1.29, 1.82) is 5.26 Å². The van der Waals surface area contributed by atoms with Gasteiger partial charge in [-0.05, 0) is 51.1 Å². The first-order valence-electron chi connectivity index (χ1n) is 5.30. The molecule has 2 rings (SSSR count). The largest absolute Gasteiger partial charge is 0.507 e. The van der Waals surface area contributed by atoms with E-state index in [9.17, 15) is 9.90 Å². The number of hydrogen-bond acceptors (Lipinski definition) is 4. The zero-order valence-electron chi connectivity index (χ0n) is 9.63. The Bertz CT molecular complexity index is 684. The third-order valence-electron chi connectivity index (χ3n) is 2.39. The fourth-order valence-electron chi connectivity index (χ4n) is 1.47. The standard InChI is InChI=1S/C14H8BrNO2S/c15-11-7-9(3-4-12(11)17)6-10(8-16)14(18)13-2-1-5-19-13/h1-7,17H/b10-6-. The Balaban J connectivity index is 2.37. The third kappa shape index (κ3) is 3.11. The number of Topliss-reactive ketones (excluding diaryl/α,β-unsaturated/α-hetero) is 1. The molecule has 0 aliphatic heterocycles. The summed E-state index contributed by atoms with van der Waals surface area (Å²) in [5, 5.41) is 20.3. The topological polar surface area (TPSA) is 61.1 Å². The first-order chi connectivity index (χ1) is 9.11. The number of thiophene rings is 1. The monoisotopic (exact) mass is 333 g/mol. The molecule has 1 aromatic heterocycles. The van der Waals surface area contributed by atoms with Gasteiger partial charge in [-0.25, -0.2) is 0 Å². The van der Waals surface area contributed by atoms with Crippen molar-refractivity contribution < 1.29 is 9.90 Å². The number of nitrogens with zero attached hydrogens (tertiary/aromatic N) is 1. The van der Waals surface area contributed by atoms with Crippen molar-refractivity contribution in [2.75, 3.05) is 0 Å². The molecule has 2 aromatic rings. The molecule has 0 radical (unpaired) electrons. The highest BCUT2D eigenvalue weighted by Gasteiger charge is 2.13. The second kappa shape index (κ2) is 5.83. The van der Waals surface area contributed by atoms with E-state index in [1.165, 1.54) is 23.5 Å². The van der Waals surface area contributed by atoms with Crippen molar-refractivity contribution in [1.82, 2.24) is 0 Å². The highest BCUT2D eigenvalue weighted by atomic mass is 79.9. The van der Waals surface area contributed by atoms with Crippen LogP contribution in [-0.4, -0.2) is 10.9 Å². The minimum absolute atomic E-state index is 0.0695. The number of nitriles is 1. The van der Waals surface area contributed by atoms with Crippen LogP contribution < -0.4 is 0 Å². The summed E-state index contributed by atoms with van der Waals surface area (Å²) in [4.78, 5) is 12.6. The van der Waals surface area contributed by atoms with E-state index in [-0.39, 0.29) is 17.1 Å². The Morgan fingerprint density at radius 1 is 1.42 bits per heavy atom. The average molecular weight is 334 g/mol. The van der Waals surface area contributed by atoms with Crippen LogP contribution >= 0.6 is 27.3 Å². The van der Waals surface area contributed by atoms with E-state index >= 15 is 0 Å². The van der Waals surface area contributed by atoms with Crippen LogP contribution in [0.2, 0.25) is 0 Å². The summed E-state index contributed by atoms with van der Waals surface area (Å²) in [5.74, 6) is -0.179. The lowest BCUT2D eigenvalue weighted by Gasteiger charge is -2.00. The minimum atomic E-state index is -0.290. The van der Waals surface area contributed by atoms with Crippen molar-refractivity contribution in [2.45, 2.75) is 0 Å². The minimum Gasteiger partial charge on any atom is -0.507 e. The van der Waals surface area contributed by atoms with Gasteiger partial charge in [0.25, 0.3) is 0 Å². The fraction of sp³-hybridized carbons (Fsp3) is 0. The molecule has 0 saturated heterocycles. The molecule has 0 aliphatic carbocycles. The Morgan fingerprint density at radius 3 is 2.79 bits per heavy atom. The molecule has 1 heterocycles. The van der Waals surface area contributed by atoms with Gasteiger partial charge in [-0.3, -0.25) is 4.79 Å². The summed E-state index contributed by atoms with van der Waals surface area (Å²) >= 11 is 4.49.